The zero-order chi connectivity index (χ0) is 18.0. The van der Waals surface area contributed by atoms with Crippen molar-refractivity contribution < 1.29 is 4.79 Å². The summed E-state index contributed by atoms with van der Waals surface area (Å²) >= 11 is 0. The highest BCUT2D eigenvalue weighted by atomic mass is 16.2. The van der Waals surface area contributed by atoms with E-state index in [-0.39, 0.29) is 23.4 Å². The average molecular weight is 339 g/mol. The minimum absolute atomic E-state index is 0.0576. The molecule has 1 aliphatic rings. The van der Waals surface area contributed by atoms with Gasteiger partial charge in [-0.05, 0) is 39.2 Å². The number of nitrogens with zero attached hydrogens (tertiary/aromatic N) is 1. The molecule has 1 saturated carbocycles. The van der Waals surface area contributed by atoms with Gasteiger partial charge < -0.3 is 10.3 Å². The Morgan fingerprint density at radius 1 is 1.24 bits per heavy atom. The quantitative estimate of drug-likeness (QED) is 0.899. The topological polar surface area (TPSA) is 74.8 Å². The number of hydrogen-bond acceptors (Lipinski definition) is 3. The number of carbonyl (C=O) groups excluding carboxylic acids is 1. The molecule has 3 rings (SSSR count). The van der Waals surface area contributed by atoms with Crippen LogP contribution in [0, 0.1) is 20.8 Å². The Morgan fingerprint density at radius 2 is 1.96 bits per heavy atom. The molecule has 0 aliphatic heterocycles. The minimum Gasteiger partial charge on any atom is -0.346 e. The van der Waals surface area contributed by atoms with Crippen LogP contribution < -0.4 is 10.9 Å². The number of rotatable bonds is 4. The van der Waals surface area contributed by atoms with E-state index in [1.165, 1.54) is 5.56 Å². The van der Waals surface area contributed by atoms with Crippen LogP contribution in [0.15, 0.2) is 29.1 Å². The van der Waals surface area contributed by atoms with Crippen molar-refractivity contribution in [1.82, 2.24) is 15.3 Å². The second-order valence-electron chi connectivity index (χ2n) is 7.10. The number of nitrogens with one attached hydrogen (secondary N) is 2. The number of benzene rings is 1. The Labute approximate surface area is 147 Å². The van der Waals surface area contributed by atoms with Gasteiger partial charge in [0.2, 0.25) is 5.91 Å². The number of hydrogen-bond donors (Lipinski definition) is 2. The first-order valence-corrected chi connectivity index (χ1v) is 8.84. The molecule has 0 radical (unpaired) electrons. The molecule has 132 valence electrons. The van der Waals surface area contributed by atoms with Crippen LogP contribution in [0.2, 0.25) is 0 Å². The standard InChI is InChI=1S/C20H25N3O2/c1-13-7-6-8-16(11-13)20(9-4-5-10-20)23-18(24)12-17-14(2)21-15(3)22-19(17)25/h6-8,11H,4-5,9-10,12H2,1-3H3,(H,23,24)(H,21,22,25). The monoisotopic (exact) mass is 339 g/mol. The zero-order valence-corrected chi connectivity index (χ0v) is 15.1. The molecule has 1 aliphatic carbocycles. The van der Waals surface area contributed by atoms with Gasteiger partial charge in [-0.2, -0.15) is 0 Å². The van der Waals surface area contributed by atoms with Gasteiger partial charge in [0, 0.05) is 11.3 Å². The van der Waals surface area contributed by atoms with Gasteiger partial charge in [0.25, 0.3) is 5.56 Å². The van der Waals surface area contributed by atoms with Crippen molar-refractivity contribution in [3.63, 3.8) is 0 Å². The normalized spacial score (nSPS) is 16.0. The van der Waals surface area contributed by atoms with Crippen molar-refractivity contribution in [2.24, 2.45) is 0 Å². The van der Waals surface area contributed by atoms with Gasteiger partial charge in [-0.25, -0.2) is 4.98 Å². The summed E-state index contributed by atoms with van der Waals surface area (Å²) in [4.78, 5) is 31.8. The van der Waals surface area contributed by atoms with Crippen LogP contribution in [0.1, 0.15) is 53.9 Å². The fourth-order valence-electron chi connectivity index (χ4n) is 3.84. The van der Waals surface area contributed by atoms with Crippen LogP contribution >= 0.6 is 0 Å². The van der Waals surface area contributed by atoms with E-state index in [0.29, 0.717) is 17.1 Å². The number of amides is 1. The van der Waals surface area contributed by atoms with Gasteiger partial charge in [-0.3, -0.25) is 9.59 Å². The van der Waals surface area contributed by atoms with Gasteiger partial charge in [0.1, 0.15) is 5.82 Å². The predicted molar refractivity (Wildman–Crippen MR) is 97.5 cm³/mol. The van der Waals surface area contributed by atoms with E-state index >= 15 is 0 Å². The third-order valence-electron chi connectivity index (χ3n) is 5.08. The number of aromatic nitrogens is 2. The summed E-state index contributed by atoms with van der Waals surface area (Å²) in [7, 11) is 0. The fraction of sp³-hybridized carbons (Fsp3) is 0.450. The van der Waals surface area contributed by atoms with Gasteiger partial charge in [-0.15, -0.1) is 0 Å². The average Bonchev–Trinajstić information content (AvgIpc) is 3.00. The molecule has 1 aromatic heterocycles. The summed E-state index contributed by atoms with van der Waals surface area (Å²) in [5.74, 6) is 0.446. The number of aryl methyl sites for hydroxylation is 3. The predicted octanol–water partition coefficient (Wildman–Crippen LogP) is 2.82. The van der Waals surface area contributed by atoms with Crippen LogP contribution in [-0.2, 0) is 16.8 Å². The molecular weight excluding hydrogens is 314 g/mol. The molecule has 5 nitrogen and oxygen atoms in total. The van der Waals surface area contributed by atoms with E-state index in [9.17, 15) is 9.59 Å². The number of H-pyrrole nitrogens is 1. The molecule has 0 spiro atoms. The van der Waals surface area contributed by atoms with Crippen molar-refractivity contribution in [2.45, 2.75) is 58.4 Å². The summed E-state index contributed by atoms with van der Waals surface area (Å²) < 4.78 is 0. The molecule has 1 heterocycles. The molecule has 1 amide bonds. The molecular formula is C20H25N3O2. The highest BCUT2D eigenvalue weighted by molar-refractivity contribution is 5.79. The maximum atomic E-state index is 12.7. The Hall–Kier alpha value is -2.43. The third-order valence-corrected chi connectivity index (χ3v) is 5.08. The summed E-state index contributed by atoms with van der Waals surface area (Å²) in [5, 5.41) is 3.23. The molecule has 2 N–H and O–H groups in total. The molecule has 0 unspecified atom stereocenters. The highest BCUT2D eigenvalue weighted by Crippen LogP contribution is 2.39. The molecule has 1 fully saturated rings. The van der Waals surface area contributed by atoms with Crippen molar-refractivity contribution in [3.05, 3.63) is 62.8 Å². The van der Waals surface area contributed by atoms with Gasteiger partial charge in [0.15, 0.2) is 0 Å². The summed E-state index contributed by atoms with van der Waals surface area (Å²) in [6, 6.07) is 8.34. The lowest BCUT2D eigenvalue weighted by Crippen LogP contribution is -2.45. The second kappa shape index (κ2) is 6.82. The van der Waals surface area contributed by atoms with Crippen LogP contribution in [0.4, 0.5) is 0 Å². The lowest BCUT2D eigenvalue weighted by atomic mass is 9.87. The first-order valence-electron chi connectivity index (χ1n) is 8.84. The molecule has 25 heavy (non-hydrogen) atoms. The summed E-state index contributed by atoms with van der Waals surface area (Å²) in [5.41, 5.74) is 2.87. The Kier molecular flexibility index (Phi) is 4.75. The Bertz CT molecular complexity index is 848. The van der Waals surface area contributed by atoms with Crippen LogP contribution in [0.5, 0.6) is 0 Å². The SMILES string of the molecule is Cc1cccc(C2(NC(=O)Cc3c(C)nc(C)[nH]c3=O)CCCC2)c1. The first kappa shape index (κ1) is 17.4. The van der Waals surface area contributed by atoms with E-state index < -0.39 is 0 Å². The number of aromatic amines is 1. The Morgan fingerprint density at radius 3 is 2.60 bits per heavy atom. The summed E-state index contributed by atoms with van der Waals surface area (Å²) in [6.07, 6.45) is 4.12. The maximum absolute atomic E-state index is 12.7. The van der Waals surface area contributed by atoms with E-state index in [1.807, 2.05) is 6.07 Å². The van der Waals surface area contributed by atoms with Gasteiger partial charge in [-0.1, -0.05) is 42.7 Å². The minimum atomic E-state index is -0.318. The van der Waals surface area contributed by atoms with Crippen LogP contribution in [-0.4, -0.2) is 15.9 Å². The van der Waals surface area contributed by atoms with Crippen molar-refractivity contribution in [3.8, 4) is 0 Å². The largest absolute Gasteiger partial charge is 0.346 e. The van der Waals surface area contributed by atoms with E-state index in [2.05, 4.69) is 40.4 Å². The van der Waals surface area contributed by atoms with Gasteiger partial charge in [0.05, 0.1) is 12.0 Å². The van der Waals surface area contributed by atoms with Crippen molar-refractivity contribution >= 4 is 5.91 Å². The fourth-order valence-corrected chi connectivity index (χ4v) is 3.84. The smallest absolute Gasteiger partial charge is 0.254 e. The second-order valence-corrected chi connectivity index (χ2v) is 7.10. The number of carbonyl (C=O) groups is 1. The molecule has 0 bridgehead atoms. The molecule has 2 aromatic rings. The lowest BCUT2D eigenvalue weighted by Gasteiger charge is -2.31. The van der Waals surface area contributed by atoms with E-state index in [0.717, 1.165) is 31.2 Å². The van der Waals surface area contributed by atoms with Gasteiger partial charge >= 0.3 is 0 Å². The van der Waals surface area contributed by atoms with E-state index in [4.69, 9.17) is 0 Å². The molecule has 1 aromatic carbocycles. The van der Waals surface area contributed by atoms with Crippen LogP contribution in [0.3, 0.4) is 0 Å². The molecule has 5 heteroatoms. The lowest BCUT2D eigenvalue weighted by molar-refractivity contribution is -0.122. The Balaban J connectivity index is 1.84. The first-order chi connectivity index (χ1) is 11.9. The zero-order valence-electron chi connectivity index (χ0n) is 15.1. The van der Waals surface area contributed by atoms with Crippen molar-refractivity contribution in [1.29, 1.82) is 0 Å². The van der Waals surface area contributed by atoms with Crippen molar-refractivity contribution in [2.75, 3.05) is 0 Å². The molecule has 0 saturated heterocycles. The third kappa shape index (κ3) is 3.65. The summed E-state index contributed by atoms with van der Waals surface area (Å²) in [6.45, 7) is 5.58. The van der Waals surface area contributed by atoms with Crippen LogP contribution in [0.25, 0.3) is 0 Å². The highest BCUT2D eigenvalue weighted by Gasteiger charge is 2.37. The maximum Gasteiger partial charge on any atom is 0.254 e. The van der Waals surface area contributed by atoms with E-state index in [1.54, 1.807) is 13.8 Å². The molecule has 0 atom stereocenters.